The third-order valence-electron chi connectivity index (χ3n) is 3.27. The number of aliphatic hydroxyl groups is 1. The number of aliphatic hydroxyl groups excluding tert-OH is 1. The van der Waals surface area contributed by atoms with Gasteiger partial charge < -0.3 is 10.0 Å². The fraction of sp³-hybridized carbons (Fsp3) is 0.692. The van der Waals surface area contributed by atoms with Crippen molar-refractivity contribution in [3.8, 4) is 0 Å². The van der Waals surface area contributed by atoms with Gasteiger partial charge in [-0.15, -0.1) is 11.3 Å². The number of rotatable bonds is 5. The van der Waals surface area contributed by atoms with Crippen LogP contribution < -0.4 is 0 Å². The van der Waals surface area contributed by atoms with Gasteiger partial charge in [0.1, 0.15) is 0 Å². The second-order valence-electron chi connectivity index (χ2n) is 4.91. The van der Waals surface area contributed by atoms with Crippen LogP contribution in [0.1, 0.15) is 29.5 Å². The number of nitrogens with zero attached hydrogens (tertiary/aromatic N) is 1. The van der Waals surface area contributed by atoms with Gasteiger partial charge in [-0.1, -0.05) is 6.92 Å². The Bertz CT molecular complexity index is 330. The highest BCUT2D eigenvalue weighted by molar-refractivity contribution is 7.11. The van der Waals surface area contributed by atoms with Crippen LogP contribution in [-0.4, -0.2) is 29.7 Å². The summed E-state index contributed by atoms with van der Waals surface area (Å²) in [5.74, 6) is 0.714. The van der Waals surface area contributed by atoms with E-state index in [2.05, 4.69) is 31.0 Å². The van der Waals surface area contributed by atoms with Gasteiger partial charge in [-0.2, -0.15) is 0 Å². The number of thiophene rings is 1. The maximum Gasteiger partial charge on any atom is 0.0546 e. The van der Waals surface area contributed by atoms with Crippen molar-refractivity contribution < 1.29 is 5.11 Å². The minimum atomic E-state index is -0.0215. The molecule has 0 saturated heterocycles. The van der Waals surface area contributed by atoms with Crippen LogP contribution >= 0.6 is 11.3 Å². The molecule has 0 aliphatic heterocycles. The van der Waals surface area contributed by atoms with E-state index in [0.717, 1.165) is 32.4 Å². The summed E-state index contributed by atoms with van der Waals surface area (Å²) in [6.07, 6.45) is 3.11. The summed E-state index contributed by atoms with van der Waals surface area (Å²) >= 11 is 1.92. The lowest BCUT2D eigenvalue weighted by atomic mass is 9.82. The first-order chi connectivity index (χ1) is 7.67. The van der Waals surface area contributed by atoms with Gasteiger partial charge in [0, 0.05) is 22.8 Å². The molecule has 3 heteroatoms. The Morgan fingerprint density at radius 1 is 1.38 bits per heavy atom. The quantitative estimate of drug-likeness (QED) is 0.853. The average molecular weight is 239 g/mol. The fourth-order valence-electron chi connectivity index (χ4n) is 2.32. The second kappa shape index (κ2) is 5.30. The average Bonchev–Trinajstić information content (AvgIpc) is 2.63. The molecule has 90 valence electrons. The topological polar surface area (TPSA) is 23.5 Å². The summed E-state index contributed by atoms with van der Waals surface area (Å²) in [5.41, 5.74) is 0. The van der Waals surface area contributed by atoms with E-state index in [1.54, 1.807) is 0 Å². The minimum Gasteiger partial charge on any atom is -0.393 e. The molecule has 1 aromatic rings. The van der Waals surface area contributed by atoms with Crippen molar-refractivity contribution in [3.05, 3.63) is 21.9 Å². The Morgan fingerprint density at radius 3 is 2.62 bits per heavy atom. The van der Waals surface area contributed by atoms with E-state index in [4.69, 9.17) is 0 Å². The Kier molecular flexibility index (Phi) is 4.00. The van der Waals surface area contributed by atoms with Crippen molar-refractivity contribution in [3.63, 3.8) is 0 Å². The highest BCUT2D eigenvalue weighted by Gasteiger charge is 2.27. The predicted molar refractivity (Wildman–Crippen MR) is 68.8 cm³/mol. The van der Waals surface area contributed by atoms with Crippen molar-refractivity contribution in [2.75, 3.05) is 13.6 Å². The first-order valence-electron chi connectivity index (χ1n) is 6.11. The summed E-state index contributed by atoms with van der Waals surface area (Å²) in [5, 5.41) is 9.24. The SMILES string of the molecule is CCc1ccc(CN(C)CC2CC(O)C2)s1. The Balaban J connectivity index is 1.76. The summed E-state index contributed by atoms with van der Waals surface area (Å²) in [6.45, 7) is 4.38. The lowest BCUT2D eigenvalue weighted by molar-refractivity contribution is 0.0275. The minimum absolute atomic E-state index is 0.0215. The normalized spacial score (nSPS) is 24.8. The molecule has 1 saturated carbocycles. The molecular weight excluding hydrogens is 218 g/mol. The Labute approximate surface area is 102 Å². The third-order valence-corrected chi connectivity index (χ3v) is 4.49. The van der Waals surface area contributed by atoms with E-state index in [9.17, 15) is 5.11 Å². The van der Waals surface area contributed by atoms with Gasteiger partial charge in [-0.05, 0) is 44.4 Å². The maximum absolute atomic E-state index is 9.24. The third kappa shape index (κ3) is 3.06. The Hall–Kier alpha value is -0.380. The van der Waals surface area contributed by atoms with Crippen molar-refractivity contribution >= 4 is 11.3 Å². The van der Waals surface area contributed by atoms with E-state index in [-0.39, 0.29) is 6.10 Å². The second-order valence-corrected chi connectivity index (χ2v) is 6.16. The highest BCUT2D eigenvalue weighted by atomic mass is 32.1. The van der Waals surface area contributed by atoms with Gasteiger partial charge in [-0.25, -0.2) is 0 Å². The molecule has 0 radical (unpaired) electrons. The van der Waals surface area contributed by atoms with Crippen LogP contribution in [0.4, 0.5) is 0 Å². The molecule has 16 heavy (non-hydrogen) atoms. The molecule has 1 N–H and O–H groups in total. The van der Waals surface area contributed by atoms with Crippen LogP contribution in [0.3, 0.4) is 0 Å². The smallest absolute Gasteiger partial charge is 0.0546 e. The molecule has 0 spiro atoms. The molecule has 1 aromatic heterocycles. The summed E-state index contributed by atoms with van der Waals surface area (Å²) in [7, 11) is 2.18. The largest absolute Gasteiger partial charge is 0.393 e. The first-order valence-corrected chi connectivity index (χ1v) is 6.93. The maximum atomic E-state index is 9.24. The molecule has 2 nitrogen and oxygen atoms in total. The van der Waals surface area contributed by atoms with Crippen LogP contribution in [0.15, 0.2) is 12.1 Å². The highest BCUT2D eigenvalue weighted by Crippen LogP contribution is 2.28. The van der Waals surface area contributed by atoms with Gasteiger partial charge >= 0.3 is 0 Å². The summed E-state index contributed by atoms with van der Waals surface area (Å²) in [6, 6.07) is 4.48. The first kappa shape index (κ1) is 12.1. The molecule has 1 heterocycles. The molecule has 1 fully saturated rings. The van der Waals surface area contributed by atoms with Gasteiger partial charge in [0.15, 0.2) is 0 Å². The lowest BCUT2D eigenvalue weighted by Crippen LogP contribution is -2.36. The zero-order valence-electron chi connectivity index (χ0n) is 10.1. The molecule has 0 amide bonds. The van der Waals surface area contributed by atoms with E-state index in [0.29, 0.717) is 5.92 Å². The van der Waals surface area contributed by atoms with Gasteiger partial charge in [-0.3, -0.25) is 0 Å². The zero-order valence-corrected chi connectivity index (χ0v) is 11.0. The van der Waals surface area contributed by atoms with Crippen LogP contribution in [-0.2, 0) is 13.0 Å². The van der Waals surface area contributed by atoms with E-state index in [1.165, 1.54) is 9.75 Å². The molecule has 1 aliphatic rings. The van der Waals surface area contributed by atoms with Crippen LogP contribution in [0.5, 0.6) is 0 Å². The molecule has 1 aliphatic carbocycles. The van der Waals surface area contributed by atoms with E-state index < -0.39 is 0 Å². The Morgan fingerprint density at radius 2 is 2.06 bits per heavy atom. The number of hydrogen-bond donors (Lipinski definition) is 1. The molecular formula is C13H21NOS. The summed E-state index contributed by atoms with van der Waals surface area (Å²) in [4.78, 5) is 5.31. The van der Waals surface area contributed by atoms with Crippen LogP contribution in [0, 0.1) is 5.92 Å². The zero-order chi connectivity index (χ0) is 11.5. The van der Waals surface area contributed by atoms with E-state index in [1.807, 2.05) is 11.3 Å². The van der Waals surface area contributed by atoms with Crippen LogP contribution in [0.2, 0.25) is 0 Å². The molecule has 0 unspecified atom stereocenters. The van der Waals surface area contributed by atoms with Crippen molar-refractivity contribution in [2.45, 2.75) is 38.8 Å². The number of hydrogen-bond acceptors (Lipinski definition) is 3. The van der Waals surface area contributed by atoms with Gasteiger partial charge in [0.05, 0.1) is 6.10 Å². The van der Waals surface area contributed by atoms with Gasteiger partial charge in [0.2, 0.25) is 0 Å². The van der Waals surface area contributed by atoms with Crippen molar-refractivity contribution in [1.82, 2.24) is 4.90 Å². The molecule has 0 aromatic carbocycles. The van der Waals surface area contributed by atoms with E-state index >= 15 is 0 Å². The fourth-order valence-corrected chi connectivity index (χ4v) is 3.36. The monoisotopic (exact) mass is 239 g/mol. The number of aryl methyl sites for hydroxylation is 1. The molecule has 0 bridgehead atoms. The van der Waals surface area contributed by atoms with Gasteiger partial charge in [0.25, 0.3) is 0 Å². The predicted octanol–water partition coefficient (Wildman–Crippen LogP) is 2.51. The van der Waals surface area contributed by atoms with Crippen molar-refractivity contribution in [2.24, 2.45) is 5.92 Å². The summed E-state index contributed by atoms with van der Waals surface area (Å²) < 4.78 is 0. The molecule has 0 atom stereocenters. The standard InChI is InChI=1S/C13H21NOS/c1-3-12-4-5-13(16-12)9-14(2)8-10-6-11(15)7-10/h4-5,10-11,15H,3,6-9H2,1-2H3. The van der Waals surface area contributed by atoms with Crippen LogP contribution in [0.25, 0.3) is 0 Å². The molecule has 2 rings (SSSR count). The van der Waals surface area contributed by atoms with Crippen molar-refractivity contribution in [1.29, 1.82) is 0 Å². The lowest BCUT2D eigenvalue weighted by Gasteiger charge is -2.34.